The monoisotopic (exact) mass is 271 g/mol. The molecule has 0 aliphatic rings. The van der Waals surface area contributed by atoms with Crippen LogP contribution in [0.4, 0.5) is 5.13 Å². The van der Waals surface area contributed by atoms with Gasteiger partial charge in [0.1, 0.15) is 0 Å². The van der Waals surface area contributed by atoms with E-state index in [4.69, 9.17) is 5.73 Å². The van der Waals surface area contributed by atoms with Crippen molar-refractivity contribution in [1.82, 2.24) is 10.2 Å². The first-order valence-corrected chi connectivity index (χ1v) is 6.32. The Kier molecular flexibility index (Phi) is 3.25. The standard InChI is InChI=1S/C9H9N3O3S2/c10-8-11-12-9(17-8)16-3-4-1-5(13)7(15)6(14)2-4/h1-2,13-15H,3H2,(H2,10,11). The van der Waals surface area contributed by atoms with E-state index in [1.165, 1.54) is 35.2 Å². The molecule has 0 radical (unpaired) electrons. The van der Waals surface area contributed by atoms with E-state index < -0.39 is 5.75 Å². The lowest BCUT2D eigenvalue weighted by Crippen LogP contribution is -1.82. The normalized spacial score (nSPS) is 10.6. The van der Waals surface area contributed by atoms with Gasteiger partial charge in [-0.25, -0.2) is 0 Å². The lowest BCUT2D eigenvalue weighted by Gasteiger charge is -2.04. The third kappa shape index (κ3) is 2.71. The fourth-order valence-electron chi connectivity index (χ4n) is 1.17. The summed E-state index contributed by atoms with van der Waals surface area (Å²) in [5.41, 5.74) is 6.10. The van der Waals surface area contributed by atoms with Gasteiger partial charge in [0.05, 0.1) is 0 Å². The summed E-state index contributed by atoms with van der Waals surface area (Å²) in [5.74, 6) is -0.732. The zero-order chi connectivity index (χ0) is 12.4. The van der Waals surface area contributed by atoms with E-state index in [1.54, 1.807) is 0 Å². The molecule has 0 fully saturated rings. The second-order valence-electron chi connectivity index (χ2n) is 3.18. The number of nitrogen functional groups attached to an aromatic ring is 1. The number of aromatic nitrogens is 2. The highest BCUT2D eigenvalue weighted by Crippen LogP contribution is 2.37. The SMILES string of the molecule is Nc1nnc(SCc2cc(O)c(O)c(O)c2)s1. The van der Waals surface area contributed by atoms with Gasteiger partial charge in [0, 0.05) is 5.75 Å². The van der Waals surface area contributed by atoms with E-state index in [0.29, 0.717) is 20.8 Å². The molecule has 2 aromatic rings. The van der Waals surface area contributed by atoms with Crippen LogP contribution in [0.1, 0.15) is 5.56 Å². The zero-order valence-electron chi connectivity index (χ0n) is 8.49. The third-order valence-corrected chi connectivity index (χ3v) is 3.87. The van der Waals surface area contributed by atoms with Crippen molar-refractivity contribution in [3.05, 3.63) is 17.7 Å². The molecule has 0 spiro atoms. The van der Waals surface area contributed by atoms with Gasteiger partial charge in [-0.3, -0.25) is 0 Å². The fraction of sp³-hybridized carbons (Fsp3) is 0.111. The molecule has 8 heteroatoms. The van der Waals surface area contributed by atoms with E-state index in [0.717, 1.165) is 0 Å². The maximum Gasteiger partial charge on any atom is 0.203 e. The van der Waals surface area contributed by atoms with Crippen molar-refractivity contribution in [1.29, 1.82) is 0 Å². The summed E-state index contributed by atoms with van der Waals surface area (Å²) in [6.07, 6.45) is 0. The van der Waals surface area contributed by atoms with Crippen LogP contribution in [0.25, 0.3) is 0 Å². The number of thioether (sulfide) groups is 1. The van der Waals surface area contributed by atoms with Gasteiger partial charge in [0.15, 0.2) is 21.6 Å². The smallest absolute Gasteiger partial charge is 0.203 e. The lowest BCUT2D eigenvalue weighted by atomic mass is 10.2. The van der Waals surface area contributed by atoms with Crippen LogP contribution in [-0.4, -0.2) is 25.5 Å². The lowest BCUT2D eigenvalue weighted by molar-refractivity contribution is 0.367. The summed E-state index contributed by atoms with van der Waals surface area (Å²) in [6.45, 7) is 0. The second kappa shape index (κ2) is 4.68. The molecule has 0 bridgehead atoms. The zero-order valence-corrected chi connectivity index (χ0v) is 10.1. The number of aromatic hydroxyl groups is 3. The molecule has 1 aromatic heterocycles. The highest BCUT2D eigenvalue weighted by Gasteiger charge is 2.09. The molecule has 5 N–H and O–H groups in total. The number of nitrogens with two attached hydrogens (primary N) is 1. The Balaban J connectivity index is 2.09. The Hall–Kier alpha value is -1.67. The molecule has 17 heavy (non-hydrogen) atoms. The minimum absolute atomic E-state index is 0.350. The predicted octanol–water partition coefficient (Wildman–Crippen LogP) is 1.53. The van der Waals surface area contributed by atoms with Crippen LogP contribution >= 0.6 is 23.1 Å². The molecular formula is C9H9N3O3S2. The summed E-state index contributed by atoms with van der Waals surface area (Å²) in [6, 6.07) is 2.76. The number of phenols is 3. The second-order valence-corrected chi connectivity index (χ2v) is 5.41. The molecule has 6 nitrogen and oxygen atoms in total. The molecule has 0 saturated heterocycles. The first-order valence-electron chi connectivity index (χ1n) is 4.52. The summed E-state index contributed by atoms with van der Waals surface area (Å²) < 4.78 is 0.703. The van der Waals surface area contributed by atoms with Crippen molar-refractivity contribution < 1.29 is 15.3 Å². The molecule has 0 aliphatic carbocycles. The summed E-state index contributed by atoms with van der Waals surface area (Å²) >= 11 is 2.64. The summed E-state index contributed by atoms with van der Waals surface area (Å²) in [4.78, 5) is 0. The van der Waals surface area contributed by atoms with Crippen LogP contribution in [0.15, 0.2) is 16.5 Å². The molecule has 1 aromatic carbocycles. The van der Waals surface area contributed by atoms with E-state index in [-0.39, 0.29) is 11.5 Å². The highest BCUT2D eigenvalue weighted by molar-refractivity contribution is 8.00. The number of hydrogen-bond donors (Lipinski definition) is 4. The van der Waals surface area contributed by atoms with Crippen LogP contribution in [0.3, 0.4) is 0 Å². The summed E-state index contributed by atoms with van der Waals surface area (Å²) in [7, 11) is 0. The van der Waals surface area contributed by atoms with Gasteiger partial charge in [-0.2, -0.15) is 0 Å². The molecule has 0 amide bonds. The number of nitrogens with zero attached hydrogens (tertiary/aromatic N) is 2. The number of rotatable bonds is 3. The minimum atomic E-state index is -0.515. The maximum absolute atomic E-state index is 9.32. The first-order chi connectivity index (χ1) is 8.06. The quantitative estimate of drug-likeness (QED) is 0.494. The molecule has 0 saturated carbocycles. The number of phenolic OH excluding ortho intramolecular Hbond substituents is 3. The average molecular weight is 271 g/mol. The van der Waals surface area contributed by atoms with Crippen molar-refractivity contribution in [3.63, 3.8) is 0 Å². The van der Waals surface area contributed by atoms with Crippen molar-refractivity contribution in [3.8, 4) is 17.2 Å². The number of benzene rings is 1. The van der Waals surface area contributed by atoms with Crippen LogP contribution < -0.4 is 5.73 Å². The van der Waals surface area contributed by atoms with Gasteiger partial charge in [-0.15, -0.1) is 10.2 Å². The van der Waals surface area contributed by atoms with E-state index in [9.17, 15) is 15.3 Å². The molecular weight excluding hydrogens is 262 g/mol. The molecule has 0 unspecified atom stereocenters. The first kappa shape index (κ1) is 11.8. The Labute approximate surface area is 105 Å². The Morgan fingerprint density at radius 3 is 2.35 bits per heavy atom. The van der Waals surface area contributed by atoms with Gasteiger partial charge < -0.3 is 21.1 Å². The van der Waals surface area contributed by atoms with Crippen LogP contribution in [-0.2, 0) is 5.75 Å². The Morgan fingerprint density at radius 2 is 1.82 bits per heavy atom. The topological polar surface area (TPSA) is 112 Å². The van der Waals surface area contributed by atoms with Gasteiger partial charge in [0.2, 0.25) is 5.13 Å². The number of anilines is 1. The molecule has 1 heterocycles. The van der Waals surface area contributed by atoms with Crippen molar-refractivity contribution in [2.45, 2.75) is 10.1 Å². The molecule has 2 rings (SSSR count). The maximum atomic E-state index is 9.32. The van der Waals surface area contributed by atoms with Crippen LogP contribution in [0, 0.1) is 0 Å². The largest absolute Gasteiger partial charge is 0.504 e. The summed E-state index contributed by atoms with van der Waals surface area (Å²) in [5, 5.41) is 35.7. The van der Waals surface area contributed by atoms with Crippen molar-refractivity contribution in [2.24, 2.45) is 0 Å². The van der Waals surface area contributed by atoms with E-state index >= 15 is 0 Å². The van der Waals surface area contributed by atoms with Crippen LogP contribution in [0.5, 0.6) is 17.2 Å². The van der Waals surface area contributed by atoms with Crippen molar-refractivity contribution >= 4 is 28.2 Å². The van der Waals surface area contributed by atoms with Gasteiger partial charge >= 0.3 is 0 Å². The average Bonchev–Trinajstić information content (AvgIpc) is 2.69. The molecule has 90 valence electrons. The van der Waals surface area contributed by atoms with Gasteiger partial charge in [0.25, 0.3) is 0 Å². The Bertz CT molecular complexity index is 521. The fourth-order valence-corrected chi connectivity index (χ4v) is 2.73. The minimum Gasteiger partial charge on any atom is -0.504 e. The van der Waals surface area contributed by atoms with E-state index in [1.807, 2.05) is 0 Å². The van der Waals surface area contributed by atoms with Crippen molar-refractivity contribution in [2.75, 3.05) is 5.73 Å². The number of hydrogen-bond acceptors (Lipinski definition) is 8. The molecule has 0 atom stereocenters. The van der Waals surface area contributed by atoms with E-state index in [2.05, 4.69) is 10.2 Å². The predicted molar refractivity (Wildman–Crippen MR) is 65.3 cm³/mol. The third-order valence-electron chi connectivity index (χ3n) is 1.91. The Morgan fingerprint density at radius 1 is 1.18 bits per heavy atom. The highest BCUT2D eigenvalue weighted by atomic mass is 32.2. The van der Waals surface area contributed by atoms with Gasteiger partial charge in [-0.05, 0) is 17.7 Å². The van der Waals surface area contributed by atoms with Gasteiger partial charge in [-0.1, -0.05) is 23.1 Å². The van der Waals surface area contributed by atoms with Crippen LogP contribution in [0.2, 0.25) is 0 Å². The molecule has 0 aliphatic heterocycles.